The van der Waals surface area contributed by atoms with E-state index in [0.717, 1.165) is 18.5 Å². The summed E-state index contributed by atoms with van der Waals surface area (Å²) in [5.41, 5.74) is 7.47. The minimum absolute atomic E-state index is 0.304. The molecule has 19 heavy (non-hydrogen) atoms. The zero-order valence-electron chi connectivity index (χ0n) is 11.9. The van der Waals surface area contributed by atoms with Gasteiger partial charge in [0.2, 0.25) is 0 Å². The van der Waals surface area contributed by atoms with Crippen LogP contribution in [0.5, 0.6) is 5.75 Å². The van der Waals surface area contributed by atoms with Gasteiger partial charge >= 0.3 is 0 Å². The van der Waals surface area contributed by atoms with Crippen LogP contribution < -0.4 is 15.8 Å². The number of rotatable bonds is 4. The normalized spacial score (nSPS) is 22.5. The number of methoxy groups -OCH3 is 1. The fraction of sp³-hybridized carbons (Fsp3) is 0.600. The van der Waals surface area contributed by atoms with Crippen molar-refractivity contribution >= 4 is 11.6 Å². The van der Waals surface area contributed by atoms with Gasteiger partial charge < -0.3 is 15.8 Å². The standard InChI is InChI=1S/C15H23ClN2O/c1-10(2)15(17,14-5-4-8-18-14)11-6-7-12(16)13(9-11)19-3/h6-7,9-10,14,18H,4-5,8,17H2,1-3H3/t14-,15?/m0/s1. The molecule has 0 amide bonds. The number of ether oxygens (including phenoxy) is 1. The monoisotopic (exact) mass is 282 g/mol. The molecule has 2 atom stereocenters. The van der Waals surface area contributed by atoms with Crippen LogP contribution in [0.25, 0.3) is 0 Å². The van der Waals surface area contributed by atoms with Crippen molar-refractivity contribution in [1.29, 1.82) is 0 Å². The molecule has 3 N–H and O–H groups in total. The number of hydrogen-bond donors (Lipinski definition) is 2. The quantitative estimate of drug-likeness (QED) is 0.893. The number of hydrogen-bond acceptors (Lipinski definition) is 3. The smallest absolute Gasteiger partial charge is 0.137 e. The summed E-state index contributed by atoms with van der Waals surface area (Å²) >= 11 is 6.10. The van der Waals surface area contributed by atoms with E-state index in [2.05, 4.69) is 19.2 Å². The van der Waals surface area contributed by atoms with Gasteiger partial charge in [-0.05, 0) is 43.0 Å². The average Bonchev–Trinajstić information content (AvgIpc) is 2.92. The summed E-state index contributed by atoms with van der Waals surface area (Å²) < 4.78 is 5.32. The van der Waals surface area contributed by atoms with Crippen LogP contribution in [0.4, 0.5) is 0 Å². The molecular weight excluding hydrogens is 260 g/mol. The molecule has 0 radical (unpaired) electrons. The second kappa shape index (κ2) is 5.70. The lowest BCUT2D eigenvalue weighted by Crippen LogP contribution is -2.55. The van der Waals surface area contributed by atoms with Gasteiger partial charge in [-0.15, -0.1) is 0 Å². The van der Waals surface area contributed by atoms with Crippen molar-refractivity contribution in [3.63, 3.8) is 0 Å². The van der Waals surface area contributed by atoms with E-state index in [1.165, 1.54) is 6.42 Å². The predicted octanol–water partition coefficient (Wildman–Crippen LogP) is 2.91. The van der Waals surface area contributed by atoms with Crippen LogP contribution in [0.15, 0.2) is 18.2 Å². The summed E-state index contributed by atoms with van der Waals surface area (Å²) in [6.45, 7) is 5.38. The summed E-state index contributed by atoms with van der Waals surface area (Å²) in [6, 6.07) is 6.17. The molecule has 1 heterocycles. The molecule has 1 saturated heterocycles. The summed E-state index contributed by atoms with van der Waals surface area (Å²) in [5, 5.41) is 4.15. The van der Waals surface area contributed by atoms with E-state index in [1.54, 1.807) is 7.11 Å². The Morgan fingerprint density at radius 1 is 1.47 bits per heavy atom. The first kappa shape index (κ1) is 14.6. The molecular formula is C15H23ClN2O. The maximum absolute atomic E-state index is 6.78. The third-order valence-corrected chi connectivity index (χ3v) is 4.56. The number of benzene rings is 1. The summed E-state index contributed by atoms with van der Waals surface area (Å²) in [4.78, 5) is 0. The molecule has 0 spiro atoms. The van der Waals surface area contributed by atoms with Crippen molar-refractivity contribution in [2.24, 2.45) is 11.7 Å². The van der Waals surface area contributed by atoms with E-state index in [9.17, 15) is 0 Å². The third-order valence-electron chi connectivity index (χ3n) is 4.24. The zero-order valence-corrected chi connectivity index (χ0v) is 12.6. The molecule has 1 aromatic carbocycles. The fourth-order valence-corrected chi connectivity index (χ4v) is 3.15. The van der Waals surface area contributed by atoms with Gasteiger partial charge in [0.05, 0.1) is 17.7 Å². The van der Waals surface area contributed by atoms with Gasteiger partial charge in [-0.25, -0.2) is 0 Å². The highest BCUT2D eigenvalue weighted by molar-refractivity contribution is 6.32. The number of halogens is 1. The minimum Gasteiger partial charge on any atom is -0.495 e. The molecule has 1 aromatic rings. The summed E-state index contributed by atoms with van der Waals surface area (Å²) in [6.07, 6.45) is 2.29. The van der Waals surface area contributed by atoms with Gasteiger partial charge in [-0.1, -0.05) is 31.5 Å². The van der Waals surface area contributed by atoms with Crippen LogP contribution in [0.3, 0.4) is 0 Å². The van der Waals surface area contributed by atoms with Crippen LogP contribution in [-0.4, -0.2) is 19.7 Å². The second-order valence-corrected chi connectivity index (χ2v) is 5.99. The number of nitrogens with one attached hydrogen (secondary N) is 1. The zero-order chi connectivity index (χ0) is 14.0. The Bertz CT molecular complexity index is 444. The molecule has 1 aliphatic heterocycles. The molecule has 0 aromatic heterocycles. The highest BCUT2D eigenvalue weighted by Gasteiger charge is 2.41. The first-order valence-corrected chi connectivity index (χ1v) is 7.24. The Balaban J connectivity index is 2.43. The van der Waals surface area contributed by atoms with Gasteiger partial charge in [0, 0.05) is 6.04 Å². The van der Waals surface area contributed by atoms with Crippen LogP contribution >= 0.6 is 11.6 Å². The van der Waals surface area contributed by atoms with E-state index in [4.69, 9.17) is 22.1 Å². The van der Waals surface area contributed by atoms with E-state index >= 15 is 0 Å². The van der Waals surface area contributed by atoms with E-state index in [0.29, 0.717) is 22.7 Å². The van der Waals surface area contributed by atoms with E-state index < -0.39 is 5.54 Å². The highest BCUT2D eigenvalue weighted by Crippen LogP contribution is 2.37. The van der Waals surface area contributed by atoms with Gasteiger partial charge in [0.15, 0.2) is 0 Å². The van der Waals surface area contributed by atoms with Crippen molar-refractivity contribution in [1.82, 2.24) is 5.32 Å². The van der Waals surface area contributed by atoms with Crippen LogP contribution in [-0.2, 0) is 5.54 Å². The molecule has 1 aliphatic rings. The predicted molar refractivity (Wildman–Crippen MR) is 79.7 cm³/mol. The molecule has 2 rings (SSSR count). The van der Waals surface area contributed by atoms with Gasteiger partial charge in [0.25, 0.3) is 0 Å². The van der Waals surface area contributed by atoms with Gasteiger partial charge in [-0.2, -0.15) is 0 Å². The molecule has 0 saturated carbocycles. The molecule has 1 unspecified atom stereocenters. The van der Waals surface area contributed by atoms with Gasteiger partial charge in [0.1, 0.15) is 5.75 Å². The SMILES string of the molecule is COc1cc(C(N)(C(C)C)[C@@H]2CCCN2)ccc1Cl. The Morgan fingerprint density at radius 2 is 2.21 bits per heavy atom. The Hall–Kier alpha value is -0.770. The first-order valence-electron chi connectivity index (χ1n) is 6.86. The maximum atomic E-state index is 6.78. The van der Waals surface area contributed by atoms with E-state index in [-0.39, 0.29) is 0 Å². The lowest BCUT2D eigenvalue weighted by Gasteiger charge is -2.40. The van der Waals surface area contributed by atoms with E-state index in [1.807, 2.05) is 18.2 Å². The largest absolute Gasteiger partial charge is 0.495 e. The minimum atomic E-state index is -0.394. The van der Waals surface area contributed by atoms with Crippen molar-refractivity contribution in [3.05, 3.63) is 28.8 Å². The van der Waals surface area contributed by atoms with Gasteiger partial charge in [-0.3, -0.25) is 0 Å². The summed E-state index contributed by atoms with van der Waals surface area (Å²) in [5.74, 6) is 1.02. The van der Waals surface area contributed by atoms with Crippen molar-refractivity contribution < 1.29 is 4.74 Å². The van der Waals surface area contributed by atoms with Crippen molar-refractivity contribution in [2.75, 3.05) is 13.7 Å². The summed E-state index contributed by atoms with van der Waals surface area (Å²) in [7, 11) is 1.63. The van der Waals surface area contributed by atoms with Crippen LogP contribution in [0.2, 0.25) is 5.02 Å². The molecule has 4 heteroatoms. The number of nitrogens with two attached hydrogens (primary N) is 1. The molecule has 106 valence electrons. The molecule has 0 aliphatic carbocycles. The lowest BCUT2D eigenvalue weighted by atomic mass is 9.74. The average molecular weight is 283 g/mol. The maximum Gasteiger partial charge on any atom is 0.137 e. The molecule has 0 bridgehead atoms. The first-order chi connectivity index (χ1) is 9.00. The third kappa shape index (κ3) is 2.60. The van der Waals surface area contributed by atoms with Crippen molar-refractivity contribution in [2.45, 2.75) is 38.3 Å². The topological polar surface area (TPSA) is 47.3 Å². The van der Waals surface area contributed by atoms with Crippen molar-refractivity contribution in [3.8, 4) is 5.75 Å². The molecule has 1 fully saturated rings. The Labute approximate surface area is 120 Å². The lowest BCUT2D eigenvalue weighted by molar-refractivity contribution is 0.238. The highest BCUT2D eigenvalue weighted by atomic mass is 35.5. The van der Waals surface area contributed by atoms with Crippen LogP contribution in [0.1, 0.15) is 32.3 Å². The Morgan fingerprint density at radius 3 is 2.74 bits per heavy atom. The molecule has 3 nitrogen and oxygen atoms in total. The van der Waals surface area contributed by atoms with Crippen LogP contribution in [0, 0.1) is 5.92 Å². The Kier molecular flexibility index (Phi) is 4.39. The second-order valence-electron chi connectivity index (χ2n) is 5.59. The fourth-order valence-electron chi connectivity index (χ4n) is 2.96.